The number of amides is 2. The predicted octanol–water partition coefficient (Wildman–Crippen LogP) is 1.32. The average molecular weight is 499 g/mol. The fourth-order valence-corrected chi connectivity index (χ4v) is 4.77. The van der Waals surface area contributed by atoms with E-state index in [0.29, 0.717) is 28.7 Å². The highest BCUT2D eigenvalue weighted by molar-refractivity contribution is 5.96. The molecule has 36 heavy (non-hydrogen) atoms. The molecule has 0 spiro atoms. The lowest BCUT2D eigenvalue weighted by Gasteiger charge is -2.40. The number of halogens is 1. The summed E-state index contributed by atoms with van der Waals surface area (Å²) in [4.78, 5) is 38.8. The number of carbonyl (C=O) groups is 3. The van der Waals surface area contributed by atoms with Gasteiger partial charge in [0, 0.05) is 36.7 Å². The molecule has 0 saturated heterocycles. The smallest absolute Gasteiger partial charge is 0.247 e. The maximum absolute atomic E-state index is 13.4. The Balaban J connectivity index is 1.79. The van der Waals surface area contributed by atoms with Gasteiger partial charge in [0.05, 0.1) is 25.7 Å². The quantitative estimate of drug-likeness (QED) is 0.469. The van der Waals surface area contributed by atoms with Crippen LogP contribution in [0.2, 0.25) is 0 Å². The fourth-order valence-electron chi connectivity index (χ4n) is 4.77. The third-order valence-electron chi connectivity index (χ3n) is 6.44. The van der Waals surface area contributed by atoms with Crippen molar-refractivity contribution >= 4 is 18.1 Å². The van der Waals surface area contributed by atoms with Crippen LogP contribution in [0.5, 0.6) is 11.5 Å². The molecule has 4 atom stereocenters. The van der Waals surface area contributed by atoms with Crippen molar-refractivity contribution < 1.29 is 38.5 Å². The van der Waals surface area contributed by atoms with Crippen LogP contribution in [-0.2, 0) is 16.1 Å². The van der Waals surface area contributed by atoms with E-state index in [1.165, 1.54) is 55.3 Å². The van der Waals surface area contributed by atoms with Crippen LogP contribution < -0.4 is 14.8 Å². The number of aliphatic hydroxyl groups is 2. The molecule has 190 valence electrons. The number of hydrogen-bond acceptors (Lipinski definition) is 7. The minimum atomic E-state index is -1.24. The Morgan fingerprint density at radius 1 is 1.25 bits per heavy atom. The Kier molecular flexibility index (Phi) is 7.37. The first kappa shape index (κ1) is 25.3. The first-order valence-electron chi connectivity index (χ1n) is 11.4. The largest absolute Gasteiger partial charge is 0.493 e. The third-order valence-corrected chi connectivity index (χ3v) is 6.44. The zero-order valence-electron chi connectivity index (χ0n) is 19.8. The number of fused-ring (bicyclic) bond motifs is 3. The van der Waals surface area contributed by atoms with Crippen molar-refractivity contribution in [1.82, 2.24) is 10.2 Å². The van der Waals surface area contributed by atoms with Crippen LogP contribution in [-0.4, -0.2) is 71.7 Å². The number of aldehydes is 1. The van der Waals surface area contributed by atoms with E-state index in [4.69, 9.17) is 9.47 Å². The highest BCUT2D eigenvalue weighted by Gasteiger charge is 2.51. The maximum atomic E-state index is 13.4. The van der Waals surface area contributed by atoms with Gasteiger partial charge in [0.25, 0.3) is 0 Å². The van der Waals surface area contributed by atoms with Gasteiger partial charge in [-0.05, 0) is 35.9 Å². The van der Waals surface area contributed by atoms with Crippen molar-refractivity contribution in [3.05, 3.63) is 70.6 Å². The van der Waals surface area contributed by atoms with Gasteiger partial charge in [0.2, 0.25) is 11.8 Å². The number of hydrogen-bond donors (Lipinski definition) is 3. The first-order chi connectivity index (χ1) is 17.3. The minimum Gasteiger partial charge on any atom is -0.493 e. The molecule has 1 heterocycles. The molecular weight excluding hydrogens is 471 g/mol. The molecule has 1 aliphatic carbocycles. The SMILES string of the molecule is COc1cc(C=O)cc2c1OC1C2C(C(=O)NCCO)=CC(N(Cc2ccc(F)cc2)C(C)=O)C1O. The van der Waals surface area contributed by atoms with E-state index in [9.17, 15) is 29.0 Å². The van der Waals surface area contributed by atoms with Gasteiger partial charge in [0.1, 0.15) is 24.3 Å². The Labute approximate surface area is 207 Å². The first-order valence-corrected chi connectivity index (χ1v) is 11.4. The van der Waals surface area contributed by atoms with Crippen molar-refractivity contribution in [3.8, 4) is 11.5 Å². The van der Waals surface area contributed by atoms with Gasteiger partial charge in [-0.2, -0.15) is 0 Å². The number of aliphatic hydroxyl groups excluding tert-OH is 2. The third kappa shape index (κ3) is 4.69. The summed E-state index contributed by atoms with van der Waals surface area (Å²) in [7, 11) is 1.42. The summed E-state index contributed by atoms with van der Waals surface area (Å²) in [6, 6.07) is 7.76. The summed E-state index contributed by atoms with van der Waals surface area (Å²) in [5, 5.41) is 23.2. The van der Waals surface area contributed by atoms with Crippen LogP contribution in [0.4, 0.5) is 4.39 Å². The number of carbonyl (C=O) groups excluding carboxylic acids is 3. The van der Waals surface area contributed by atoms with Gasteiger partial charge >= 0.3 is 0 Å². The topological polar surface area (TPSA) is 125 Å². The molecule has 10 heteroatoms. The normalized spacial score (nSPS) is 22.0. The summed E-state index contributed by atoms with van der Waals surface area (Å²) in [5.41, 5.74) is 1.66. The zero-order valence-corrected chi connectivity index (χ0v) is 19.8. The van der Waals surface area contributed by atoms with Gasteiger partial charge in [-0.1, -0.05) is 12.1 Å². The Morgan fingerprint density at radius 3 is 2.58 bits per heavy atom. The number of ether oxygens (including phenoxy) is 2. The molecule has 0 fully saturated rings. The highest BCUT2D eigenvalue weighted by Crippen LogP contribution is 2.51. The van der Waals surface area contributed by atoms with E-state index in [2.05, 4.69) is 5.32 Å². The molecule has 3 N–H and O–H groups in total. The molecular formula is C26H27FN2O7. The van der Waals surface area contributed by atoms with Crippen LogP contribution in [0.15, 0.2) is 48.0 Å². The number of rotatable bonds is 8. The molecule has 0 radical (unpaired) electrons. The maximum Gasteiger partial charge on any atom is 0.247 e. The second-order valence-electron chi connectivity index (χ2n) is 8.68. The number of nitrogens with one attached hydrogen (secondary N) is 1. The van der Waals surface area contributed by atoms with E-state index in [1.54, 1.807) is 6.07 Å². The minimum absolute atomic E-state index is 0.00179. The van der Waals surface area contributed by atoms with Gasteiger partial charge in [-0.15, -0.1) is 0 Å². The summed E-state index contributed by atoms with van der Waals surface area (Å²) in [6.45, 7) is 1.12. The lowest BCUT2D eigenvalue weighted by atomic mass is 9.77. The number of methoxy groups -OCH3 is 1. The summed E-state index contributed by atoms with van der Waals surface area (Å²) >= 11 is 0. The Morgan fingerprint density at radius 2 is 1.97 bits per heavy atom. The molecule has 2 aromatic carbocycles. The van der Waals surface area contributed by atoms with Crippen LogP contribution in [0.1, 0.15) is 34.3 Å². The second-order valence-corrected chi connectivity index (χ2v) is 8.68. The van der Waals surface area contributed by atoms with Crippen LogP contribution in [0, 0.1) is 5.82 Å². The predicted molar refractivity (Wildman–Crippen MR) is 126 cm³/mol. The van der Waals surface area contributed by atoms with Crippen molar-refractivity contribution in [2.45, 2.75) is 37.6 Å². The standard InChI is InChI=1S/C26H27FN2O7/c1-14(32)29(12-15-3-5-17(27)6-4-15)20-11-19(26(34)28-7-8-30)22-18-9-16(13-31)10-21(35-2)24(18)36-25(22)23(20)33/h3-6,9-11,13,20,22-23,25,30,33H,7-8,12H2,1-2H3,(H,28,34). The van der Waals surface area contributed by atoms with Crippen molar-refractivity contribution in [2.75, 3.05) is 20.3 Å². The van der Waals surface area contributed by atoms with Gasteiger partial charge in [-0.3, -0.25) is 14.4 Å². The van der Waals surface area contributed by atoms with E-state index in [1.807, 2.05) is 0 Å². The van der Waals surface area contributed by atoms with Crippen molar-refractivity contribution in [1.29, 1.82) is 0 Å². The fraction of sp³-hybridized carbons (Fsp3) is 0.346. The monoisotopic (exact) mass is 498 g/mol. The van der Waals surface area contributed by atoms with Crippen LogP contribution >= 0.6 is 0 Å². The molecule has 2 amide bonds. The van der Waals surface area contributed by atoms with E-state index in [-0.39, 0.29) is 36.9 Å². The van der Waals surface area contributed by atoms with E-state index >= 15 is 0 Å². The lowest BCUT2D eigenvalue weighted by molar-refractivity contribution is -0.135. The van der Waals surface area contributed by atoms with Gasteiger partial charge < -0.3 is 29.9 Å². The molecule has 4 rings (SSSR count). The van der Waals surface area contributed by atoms with E-state index < -0.39 is 35.9 Å². The second kappa shape index (κ2) is 10.5. The molecule has 0 aromatic heterocycles. The number of nitrogens with zero attached hydrogens (tertiary/aromatic N) is 1. The van der Waals surface area contributed by atoms with Crippen molar-refractivity contribution in [2.24, 2.45) is 0 Å². The molecule has 2 aliphatic rings. The molecule has 1 aliphatic heterocycles. The van der Waals surface area contributed by atoms with Crippen LogP contribution in [0.3, 0.4) is 0 Å². The zero-order chi connectivity index (χ0) is 26.0. The lowest BCUT2D eigenvalue weighted by Crippen LogP contribution is -2.55. The van der Waals surface area contributed by atoms with Gasteiger partial charge in [0.15, 0.2) is 11.5 Å². The van der Waals surface area contributed by atoms with Crippen molar-refractivity contribution in [3.63, 3.8) is 0 Å². The summed E-state index contributed by atoms with van der Waals surface area (Å²) < 4.78 is 24.9. The van der Waals surface area contributed by atoms with Gasteiger partial charge in [-0.25, -0.2) is 4.39 Å². The summed E-state index contributed by atoms with van der Waals surface area (Å²) in [6.07, 6.45) is -0.0449. The highest BCUT2D eigenvalue weighted by atomic mass is 19.1. The molecule has 2 aromatic rings. The summed E-state index contributed by atoms with van der Waals surface area (Å²) in [5.74, 6) is -1.47. The average Bonchev–Trinajstić information content (AvgIpc) is 3.26. The molecule has 0 bridgehead atoms. The Hall–Kier alpha value is -3.76. The molecule has 9 nitrogen and oxygen atoms in total. The molecule has 0 saturated carbocycles. The Bertz CT molecular complexity index is 1200. The van der Waals surface area contributed by atoms with Crippen LogP contribution in [0.25, 0.3) is 0 Å². The van der Waals surface area contributed by atoms with E-state index in [0.717, 1.165) is 0 Å². The number of benzene rings is 2. The molecule has 4 unspecified atom stereocenters.